The molecule has 0 saturated heterocycles. The van der Waals surface area contributed by atoms with Crippen LogP contribution < -0.4 is 14.8 Å². The lowest BCUT2D eigenvalue weighted by Gasteiger charge is -2.12. The van der Waals surface area contributed by atoms with Crippen LogP contribution >= 0.6 is 34.2 Å². The average Bonchev–Trinajstić information content (AvgIpc) is 2.47. The van der Waals surface area contributed by atoms with Crippen molar-refractivity contribution in [2.24, 2.45) is 0 Å². The maximum absolute atomic E-state index is 12.3. The number of anilines is 2. The number of carbonyl (C=O) groups is 1. The van der Waals surface area contributed by atoms with Crippen LogP contribution in [0.4, 0.5) is 11.4 Å². The van der Waals surface area contributed by atoms with E-state index < -0.39 is 10.0 Å². The number of hydrogen-bond donors (Lipinski definition) is 2. The van der Waals surface area contributed by atoms with Gasteiger partial charge >= 0.3 is 0 Å². The maximum Gasteiger partial charge on any atom is 0.256 e. The van der Waals surface area contributed by atoms with E-state index in [9.17, 15) is 13.2 Å². The summed E-state index contributed by atoms with van der Waals surface area (Å²) in [6.45, 7) is 0. The molecule has 9 heteroatoms. The van der Waals surface area contributed by atoms with Gasteiger partial charge in [0.2, 0.25) is 10.0 Å². The molecule has 2 aromatic rings. The van der Waals surface area contributed by atoms with Crippen molar-refractivity contribution in [1.29, 1.82) is 0 Å². The van der Waals surface area contributed by atoms with Gasteiger partial charge in [0, 0.05) is 20.3 Å². The third-order valence-corrected chi connectivity index (χ3v) is 4.65. The van der Waals surface area contributed by atoms with E-state index in [1.807, 2.05) is 22.6 Å². The minimum atomic E-state index is -3.43. The Morgan fingerprint density at radius 1 is 1.21 bits per heavy atom. The molecule has 0 bridgehead atoms. The topological polar surface area (TPSA) is 84.5 Å². The van der Waals surface area contributed by atoms with E-state index in [0.717, 1.165) is 9.83 Å². The normalized spacial score (nSPS) is 11.0. The Kier molecular flexibility index (Phi) is 5.94. The minimum Gasteiger partial charge on any atom is -0.494 e. The van der Waals surface area contributed by atoms with Crippen LogP contribution in [0.1, 0.15) is 10.4 Å². The van der Waals surface area contributed by atoms with Crippen LogP contribution in [0, 0.1) is 3.57 Å². The van der Waals surface area contributed by atoms with Gasteiger partial charge in [-0.25, -0.2) is 8.42 Å². The van der Waals surface area contributed by atoms with Crippen LogP contribution in [0.5, 0.6) is 5.75 Å². The molecule has 0 heterocycles. The molecule has 2 rings (SSSR count). The van der Waals surface area contributed by atoms with Gasteiger partial charge in [-0.2, -0.15) is 0 Å². The van der Waals surface area contributed by atoms with Gasteiger partial charge in [0.1, 0.15) is 5.75 Å². The van der Waals surface area contributed by atoms with Gasteiger partial charge in [-0.05, 0) is 52.9 Å². The molecule has 0 aliphatic heterocycles. The maximum atomic E-state index is 12.3. The Balaban J connectivity index is 2.25. The molecular weight excluding hydrogens is 467 g/mol. The van der Waals surface area contributed by atoms with E-state index in [2.05, 4.69) is 10.0 Å². The summed E-state index contributed by atoms with van der Waals surface area (Å²) in [6, 6.07) is 9.60. The molecule has 0 radical (unpaired) electrons. The highest BCUT2D eigenvalue weighted by Crippen LogP contribution is 2.29. The molecule has 0 atom stereocenters. The van der Waals surface area contributed by atoms with Gasteiger partial charge in [-0.1, -0.05) is 11.6 Å². The zero-order chi connectivity index (χ0) is 17.9. The summed E-state index contributed by atoms with van der Waals surface area (Å²) in [5.41, 5.74) is 1.25. The smallest absolute Gasteiger partial charge is 0.256 e. The number of benzene rings is 2. The van der Waals surface area contributed by atoms with E-state index in [1.54, 1.807) is 24.3 Å². The van der Waals surface area contributed by atoms with Crippen LogP contribution in [0.3, 0.4) is 0 Å². The highest BCUT2D eigenvalue weighted by Gasteiger charge is 2.13. The molecule has 0 spiro atoms. The third-order valence-electron chi connectivity index (χ3n) is 2.93. The molecule has 2 aromatic carbocycles. The second-order valence-corrected chi connectivity index (χ2v) is 8.21. The minimum absolute atomic E-state index is 0.291. The Bertz CT molecular complexity index is 887. The number of amides is 1. The zero-order valence-corrected chi connectivity index (χ0v) is 16.5. The number of nitrogens with one attached hydrogen (secondary N) is 2. The van der Waals surface area contributed by atoms with Crippen molar-refractivity contribution < 1.29 is 17.9 Å². The van der Waals surface area contributed by atoms with E-state index in [-0.39, 0.29) is 5.91 Å². The van der Waals surface area contributed by atoms with Crippen molar-refractivity contribution in [3.05, 3.63) is 50.6 Å². The van der Waals surface area contributed by atoms with Crippen molar-refractivity contribution in [2.45, 2.75) is 0 Å². The van der Waals surface area contributed by atoms with Crippen molar-refractivity contribution in [1.82, 2.24) is 0 Å². The first kappa shape index (κ1) is 18.8. The fourth-order valence-electron chi connectivity index (χ4n) is 1.93. The van der Waals surface area contributed by atoms with Crippen LogP contribution in [-0.4, -0.2) is 27.7 Å². The molecule has 1 amide bonds. The average molecular weight is 481 g/mol. The van der Waals surface area contributed by atoms with Gasteiger partial charge < -0.3 is 10.1 Å². The van der Waals surface area contributed by atoms with Crippen molar-refractivity contribution >= 4 is 61.5 Å². The molecule has 2 N–H and O–H groups in total. The molecule has 24 heavy (non-hydrogen) atoms. The Morgan fingerprint density at radius 2 is 1.92 bits per heavy atom. The fourth-order valence-corrected chi connectivity index (χ4v) is 3.61. The number of sulfonamides is 1. The van der Waals surface area contributed by atoms with Gasteiger partial charge in [-0.3, -0.25) is 9.52 Å². The Morgan fingerprint density at radius 3 is 2.50 bits per heavy atom. The van der Waals surface area contributed by atoms with E-state index >= 15 is 0 Å². The number of methoxy groups -OCH3 is 1. The Labute approximate surface area is 158 Å². The predicted octanol–water partition coefficient (Wildman–Crippen LogP) is 3.58. The summed E-state index contributed by atoms with van der Waals surface area (Å²) in [7, 11) is -2.02. The number of rotatable bonds is 5. The van der Waals surface area contributed by atoms with Crippen LogP contribution in [-0.2, 0) is 10.0 Å². The standard InChI is InChI=1S/C15H14ClIN2O4S/c1-23-14-8-10(4-6-13(14)19-24(2,21)22)18-15(20)11-5-3-9(16)7-12(11)17/h3-8,19H,1-2H3,(H,18,20). The first-order valence-electron chi connectivity index (χ1n) is 6.62. The summed E-state index contributed by atoms with van der Waals surface area (Å²) in [5, 5.41) is 3.29. The molecule has 0 aliphatic carbocycles. The summed E-state index contributed by atoms with van der Waals surface area (Å²) < 4.78 is 30.9. The monoisotopic (exact) mass is 480 g/mol. The van der Waals surface area contributed by atoms with Crippen molar-refractivity contribution in [3.8, 4) is 5.75 Å². The lowest BCUT2D eigenvalue weighted by atomic mass is 10.2. The first-order chi connectivity index (χ1) is 11.2. The second kappa shape index (κ2) is 7.58. The third kappa shape index (κ3) is 4.99. The predicted molar refractivity (Wildman–Crippen MR) is 104 cm³/mol. The van der Waals surface area contributed by atoms with Gasteiger partial charge in [0.15, 0.2) is 0 Å². The molecule has 0 fully saturated rings. The van der Waals surface area contributed by atoms with Crippen molar-refractivity contribution in [2.75, 3.05) is 23.4 Å². The van der Waals surface area contributed by atoms with Gasteiger partial charge in [-0.15, -0.1) is 0 Å². The lowest BCUT2D eigenvalue weighted by Crippen LogP contribution is -2.14. The molecular formula is C15H14ClIN2O4S. The SMILES string of the molecule is COc1cc(NC(=O)c2ccc(Cl)cc2I)ccc1NS(C)(=O)=O. The molecule has 6 nitrogen and oxygen atoms in total. The van der Waals surface area contributed by atoms with Crippen LogP contribution in [0.15, 0.2) is 36.4 Å². The zero-order valence-electron chi connectivity index (χ0n) is 12.8. The number of carbonyl (C=O) groups excluding carboxylic acids is 1. The summed E-state index contributed by atoms with van der Waals surface area (Å²) in [5.74, 6) is -0.00836. The van der Waals surface area contributed by atoms with Gasteiger partial charge in [0.25, 0.3) is 5.91 Å². The Hall–Kier alpha value is -1.52. The summed E-state index contributed by atoms with van der Waals surface area (Å²) >= 11 is 7.91. The first-order valence-corrected chi connectivity index (χ1v) is 9.96. The highest BCUT2D eigenvalue weighted by atomic mass is 127. The number of hydrogen-bond acceptors (Lipinski definition) is 4. The summed E-state index contributed by atoms with van der Waals surface area (Å²) in [6.07, 6.45) is 1.05. The molecule has 0 aromatic heterocycles. The summed E-state index contributed by atoms with van der Waals surface area (Å²) in [4.78, 5) is 12.3. The number of ether oxygens (including phenoxy) is 1. The molecule has 0 unspecified atom stereocenters. The van der Waals surface area contributed by atoms with Gasteiger partial charge in [0.05, 0.1) is 24.6 Å². The van der Waals surface area contributed by atoms with E-state index in [0.29, 0.717) is 27.7 Å². The van der Waals surface area contributed by atoms with E-state index in [4.69, 9.17) is 16.3 Å². The highest BCUT2D eigenvalue weighted by molar-refractivity contribution is 14.1. The van der Waals surface area contributed by atoms with E-state index in [1.165, 1.54) is 19.2 Å². The number of halogens is 2. The molecule has 0 aliphatic rings. The lowest BCUT2D eigenvalue weighted by molar-refractivity contribution is 0.102. The molecule has 128 valence electrons. The largest absolute Gasteiger partial charge is 0.494 e. The second-order valence-electron chi connectivity index (χ2n) is 4.87. The fraction of sp³-hybridized carbons (Fsp3) is 0.133. The van der Waals surface area contributed by atoms with Crippen LogP contribution in [0.2, 0.25) is 5.02 Å². The quantitative estimate of drug-likeness (QED) is 0.641. The van der Waals surface area contributed by atoms with Crippen LogP contribution in [0.25, 0.3) is 0 Å². The van der Waals surface area contributed by atoms with Crippen molar-refractivity contribution in [3.63, 3.8) is 0 Å². The molecule has 0 saturated carbocycles.